The zero-order chi connectivity index (χ0) is 13.3. The van der Waals surface area contributed by atoms with Gasteiger partial charge in [0.05, 0.1) is 19.3 Å². The smallest absolute Gasteiger partial charge is 0.324 e. The van der Waals surface area contributed by atoms with Crippen LogP contribution in [0.15, 0.2) is 0 Å². The second-order valence-electron chi connectivity index (χ2n) is 6.07. The molecule has 17 heavy (non-hydrogen) atoms. The molecule has 1 saturated heterocycles. The van der Waals surface area contributed by atoms with Gasteiger partial charge >= 0.3 is 5.97 Å². The standard InChI is InChI=1S/C12H25NO3Si/c1-7-15-11(14)10-9(13-10)8-16-17(5,6)12(2,3)4/h9-10,13H,7-8H2,1-6H3/t9-,10+/m0/s1. The van der Waals surface area contributed by atoms with E-state index in [-0.39, 0.29) is 23.1 Å². The van der Waals surface area contributed by atoms with Crippen LogP contribution in [0.25, 0.3) is 0 Å². The van der Waals surface area contributed by atoms with Gasteiger partial charge in [-0.3, -0.25) is 10.1 Å². The first-order chi connectivity index (χ1) is 7.69. The normalized spacial score (nSPS) is 24.6. The minimum absolute atomic E-state index is 0.142. The van der Waals surface area contributed by atoms with E-state index in [2.05, 4.69) is 39.2 Å². The van der Waals surface area contributed by atoms with Crippen molar-refractivity contribution >= 4 is 14.3 Å². The molecule has 1 rings (SSSR count). The van der Waals surface area contributed by atoms with Crippen LogP contribution < -0.4 is 5.32 Å². The quantitative estimate of drug-likeness (QED) is 0.465. The van der Waals surface area contributed by atoms with Crippen LogP contribution in [-0.4, -0.2) is 39.6 Å². The predicted octanol–water partition coefficient (Wildman–Crippen LogP) is 1.91. The summed E-state index contributed by atoms with van der Waals surface area (Å²) >= 11 is 0. The molecule has 0 bridgehead atoms. The lowest BCUT2D eigenvalue weighted by molar-refractivity contribution is -0.142. The molecule has 0 aromatic heterocycles. The average molecular weight is 259 g/mol. The minimum atomic E-state index is -1.70. The lowest BCUT2D eigenvalue weighted by Crippen LogP contribution is -2.42. The van der Waals surface area contributed by atoms with Crippen LogP contribution in [0.1, 0.15) is 27.7 Å². The molecule has 1 aliphatic heterocycles. The molecule has 1 aliphatic rings. The van der Waals surface area contributed by atoms with Crippen LogP contribution in [-0.2, 0) is 14.0 Å². The Morgan fingerprint density at radius 3 is 2.41 bits per heavy atom. The van der Waals surface area contributed by atoms with Crippen LogP contribution in [0.4, 0.5) is 0 Å². The average Bonchev–Trinajstić information content (AvgIpc) is 2.92. The maximum Gasteiger partial charge on any atom is 0.324 e. The number of ether oxygens (including phenoxy) is 1. The summed E-state index contributed by atoms with van der Waals surface area (Å²) in [6, 6.07) is -0.0112. The van der Waals surface area contributed by atoms with Crippen molar-refractivity contribution in [3.8, 4) is 0 Å². The summed E-state index contributed by atoms with van der Waals surface area (Å²) in [5.41, 5.74) is 0. The molecule has 100 valence electrons. The Kier molecular flexibility index (Phi) is 4.38. The van der Waals surface area contributed by atoms with Crippen molar-refractivity contribution < 1.29 is 14.0 Å². The molecule has 0 spiro atoms. The molecule has 1 N–H and O–H groups in total. The van der Waals surface area contributed by atoms with Gasteiger partial charge in [0.2, 0.25) is 0 Å². The summed E-state index contributed by atoms with van der Waals surface area (Å²) < 4.78 is 11.0. The summed E-state index contributed by atoms with van der Waals surface area (Å²) in [5, 5.41) is 3.31. The third-order valence-electron chi connectivity index (χ3n) is 3.66. The number of hydrogen-bond acceptors (Lipinski definition) is 4. The van der Waals surface area contributed by atoms with Crippen LogP contribution >= 0.6 is 0 Å². The first-order valence-corrected chi connectivity index (χ1v) is 9.16. The van der Waals surface area contributed by atoms with Gasteiger partial charge in [-0.2, -0.15) is 0 Å². The fraction of sp³-hybridized carbons (Fsp3) is 0.917. The molecule has 1 heterocycles. The number of carbonyl (C=O) groups excluding carboxylic acids is 1. The van der Waals surface area contributed by atoms with Gasteiger partial charge in [0.25, 0.3) is 0 Å². The molecular weight excluding hydrogens is 234 g/mol. The Morgan fingerprint density at radius 2 is 1.94 bits per heavy atom. The summed E-state index contributed by atoms with van der Waals surface area (Å²) in [5.74, 6) is -0.156. The van der Waals surface area contributed by atoms with E-state index in [4.69, 9.17) is 9.16 Å². The number of rotatable bonds is 5. The van der Waals surface area contributed by atoms with Crippen molar-refractivity contribution in [2.75, 3.05) is 13.2 Å². The van der Waals surface area contributed by atoms with Crippen LogP contribution in [0, 0.1) is 0 Å². The zero-order valence-corrected chi connectivity index (χ0v) is 12.8. The molecule has 0 saturated carbocycles. The van der Waals surface area contributed by atoms with E-state index in [0.717, 1.165) is 0 Å². The van der Waals surface area contributed by atoms with E-state index >= 15 is 0 Å². The van der Waals surface area contributed by atoms with Crippen molar-refractivity contribution in [1.82, 2.24) is 5.32 Å². The highest BCUT2D eigenvalue weighted by Crippen LogP contribution is 2.37. The summed E-state index contributed by atoms with van der Waals surface area (Å²) in [6.07, 6.45) is 0. The second-order valence-corrected chi connectivity index (χ2v) is 10.9. The Hall–Kier alpha value is -0.393. The minimum Gasteiger partial charge on any atom is -0.465 e. The van der Waals surface area contributed by atoms with Crippen LogP contribution in [0.2, 0.25) is 18.1 Å². The van der Waals surface area contributed by atoms with E-state index in [1.807, 2.05) is 6.92 Å². The third-order valence-corrected chi connectivity index (χ3v) is 8.16. The van der Waals surface area contributed by atoms with E-state index in [0.29, 0.717) is 13.2 Å². The van der Waals surface area contributed by atoms with Crippen molar-refractivity contribution in [3.63, 3.8) is 0 Å². The van der Waals surface area contributed by atoms with E-state index in [1.165, 1.54) is 0 Å². The molecule has 0 aromatic rings. The number of hydrogen-bond donors (Lipinski definition) is 1. The van der Waals surface area contributed by atoms with E-state index in [9.17, 15) is 4.79 Å². The van der Waals surface area contributed by atoms with Gasteiger partial charge in [-0.15, -0.1) is 0 Å². The highest BCUT2D eigenvalue weighted by atomic mass is 28.4. The summed E-state index contributed by atoms with van der Waals surface area (Å²) in [6.45, 7) is 13.9. The van der Waals surface area contributed by atoms with Gasteiger partial charge in [0.1, 0.15) is 6.04 Å². The fourth-order valence-corrected chi connectivity index (χ4v) is 2.33. The highest BCUT2D eigenvalue weighted by Gasteiger charge is 2.46. The monoisotopic (exact) mass is 259 g/mol. The van der Waals surface area contributed by atoms with Gasteiger partial charge in [-0.25, -0.2) is 0 Å². The SMILES string of the molecule is CCOC(=O)[C@@H]1N[C@H]1CO[Si](C)(C)C(C)(C)C. The largest absolute Gasteiger partial charge is 0.465 e. The molecule has 2 atom stereocenters. The first kappa shape index (κ1) is 14.7. The Balaban J connectivity index is 2.33. The van der Waals surface area contributed by atoms with Crippen LogP contribution in [0.3, 0.4) is 0 Å². The molecule has 0 aromatic carbocycles. The van der Waals surface area contributed by atoms with Gasteiger partial charge in [0.15, 0.2) is 8.32 Å². The molecule has 1 fully saturated rings. The lowest BCUT2D eigenvalue weighted by Gasteiger charge is -2.36. The van der Waals surface area contributed by atoms with Crippen LogP contribution in [0.5, 0.6) is 0 Å². The Morgan fingerprint density at radius 1 is 1.35 bits per heavy atom. The highest BCUT2D eigenvalue weighted by molar-refractivity contribution is 6.74. The molecular formula is C12H25NO3Si. The predicted molar refractivity (Wildman–Crippen MR) is 70.5 cm³/mol. The van der Waals surface area contributed by atoms with Gasteiger partial charge in [0, 0.05) is 0 Å². The van der Waals surface area contributed by atoms with Crippen molar-refractivity contribution in [2.45, 2.75) is 57.9 Å². The number of esters is 1. The second kappa shape index (κ2) is 5.08. The van der Waals surface area contributed by atoms with Gasteiger partial charge in [-0.05, 0) is 25.1 Å². The van der Waals surface area contributed by atoms with Crippen molar-refractivity contribution in [2.24, 2.45) is 0 Å². The maximum atomic E-state index is 11.4. The zero-order valence-electron chi connectivity index (χ0n) is 11.8. The first-order valence-electron chi connectivity index (χ1n) is 6.25. The van der Waals surface area contributed by atoms with E-state index in [1.54, 1.807) is 0 Å². The van der Waals surface area contributed by atoms with Gasteiger partial charge < -0.3 is 9.16 Å². The third kappa shape index (κ3) is 3.79. The van der Waals surface area contributed by atoms with Gasteiger partial charge in [-0.1, -0.05) is 20.8 Å². The number of carbonyl (C=O) groups is 1. The Bertz CT molecular complexity index is 286. The fourth-order valence-electron chi connectivity index (χ4n) is 1.30. The number of nitrogens with one attached hydrogen (secondary N) is 1. The maximum absolute atomic E-state index is 11.4. The van der Waals surface area contributed by atoms with Crippen molar-refractivity contribution in [3.05, 3.63) is 0 Å². The van der Waals surface area contributed by atoms with Crippen molar-refractivity contribution in [1.29, 1.82) is 0 Å². The lowest BCUT2D eigenvalue weighted by atomic mass is 10.2. The van der Waals surface area contributed by atoms with E-state index < -0.39 is 8.32 Å². The molecule has 4 nitrogen and oxygen atoms in total. The molecule has 0 unspecified atom stereocenters. The molecule has 0 radical (unpaired) electrons. The molecule has 0 amide bonds. The molecule has 5 heteroatoms. The molecule has 0 aliphatic carbocycles. The topological polar surface area (TPSA) is 57.5 Å². The summed E-state index contributed by atoms with van der Waals surface area (Å²) in [7, 11) is -1.70. The summed E-state index contributed by atoms with van der Waals surface area (Å²) in [4.78, 5) is 11.4. The Labute approximate surface area is 105 Å².